The number of fused-ring (bicyclic) bond motifs is 1. The van der Waals surface area contributed by atoms with Crippen LogP contribution in [0.1, 0.15) is 44.0 Å². The van der Waals surface area contributed by atoms with Gasteiger partial charge in [0.2, 0.25) is 0 Å². The predicted molar refractivity (Wildman–Crippen MR) is 91.1 cm³/mol. The van der Waals surface area contributed by atoms with Crippen molar-refractivity contribution >= 4 is 22.6 Å². The molecule has 2 unspecified atom stereocenters. The molecule has 0 amide bonds. The Morgan fingerprint density at radius 2 is 2.05 bits per heavy atom. The van der Waals surface area contributed by atoms with Gasteiger partial charge >= 0.3 is 0 Å². The average Bonchev–Trinajstić information content (AvgIpc) is 2.84. The normalized spacial score (nSPS) is 14.8. The number of aromatic nitrogens is 2. The minimum absolute atomic E-state index is 0.0781. The number of imidazole rings is 1. The second-order valence-corrected chi connectivity index (χ2v) is 6.57. The molecular weight excluding hydrogens is 282 g/mol. The van der Waals surface area contributed by atoms with E-state index in [2.05, 4.69) is 55.5 Å². The Balaban J connectivity index is 2.33. The fourth-order valence-corrected chi connectivity index (χ4v) is 2.80. The van der Waals surface area contributed by atoms with E-state index in [9.17, 15) is 0 Å². The number of hydrogen-bond acceptors (Lipinski definition) is 2. The summed E-state index contributed by atoms with van der Waals surface area (Å²) >= 11 is 6.34. The molecule has 2 atom stereocenters. The van der Waals surface area contributed by atoms with Crippen molar-refractivity contribution in [2.45, 2.75) is 52.1 Å². The Labute approximate surface area is 132 Å². The number of rotatable bonds is 6. The molecule has 1 aromatic heterocycles. The topological polar surface area (TPSA) is 21.1 Å². The Morgan fingerprint density at radius 3 is 2.67 bits per heavy atom. The van der Waals surface area contributed by atoms with Gasteiger partial charge in [-0.3, -0.25) is 0 Å². The number of hydrogen-bond donors (Lipinski definition) is 0. The van der Waals surface area contributed by atoms with Crippen LogP contribution in [-0.2, 0) is 6.54 Å². The Kier molecular flexibility index (Phi) is 5.28. The summed E-state index contributed by atoms with van der Waals surface area (Å²) in [5.41, 5.74) is 3.47. The van der Waals surface area contributed by atoms with E-state index in [1.54, 1.807) is 0 Å². The van der Waals surface area contributed by atoms with Crippen molar-refractivity contribution in [2.24, 2.45) is 0 Å². The SMILES string of the molecule is CCC(C)N(C)CCn1c(C(C)Cl)nc2c(C)cccc21. The van der Waals surface area contributed by atoms with Crippen molar-refractivity contribution < 1.29 is 0 Å². The van der Waals surface area contributed by atoms with Crippen LogP contribution in [0.5, 0.6) is 0 Å². The highest BCUT2D eigenvalue weighted by atomic mass is 35.5. The first-order valence-corrected chi connectivity index (χ1v) is 8.19. The molecule has 0 spiro atoms. The number of para-hydroxylation sites is 1. The van der Waals surface area contributed by atoms with Crippen molar-refractivity contribution in [3.63, 3.8) is 0 Å². The van der Waals surface area contributed by atoms with Gasteiger partial charge in [0.15, 0.2) is 0 Å². The Hall–Kier alpha value is -1.06. The molecule has 1 aromatic carbocycles. The maximum Gasteiger partial charge on any atom is 0.127 e. The third kappa shape index (κ3) is 3.41. The van der Waals surface area contributed by atoms with Gasteiger partial charge < -0.3 is 9.47 Å². The zero-order valence-corrected chi connectivity index (χ0v) is 14.5. The predicted octanol–water partition coefficient (Wildman–Crippen LogP) is 4.37. The van der Waals surface area contributed by atoms with Gasteiger partial charge in [-0.2, -0.15) is 0 Å². The summed E-state index contributed by atoms with van der Waals surface area (Å²) in [6.45, 7) is 10.5. The summed E-state index contributed by atoms with van der Waals surface area (Å²) in [6.07, 6.45) is 1.17. The first-order chi connectivity index (χ1) is 9.95. The molecule has 0 radical (unpaired) electrons. The number of alkyl halides is 1. The Bertz CT molecular complexity index is 603. The molecular formula is C17H26ClN3. The van der Waals surface area contributed by atoms with E-state index in [0.29, 0.717) is 6.04 Å². The molecule has 4 heteroatoms. The highest BCUT2D eigenvalue weighted by molar-refractivity contribution is 6.20. The minimum atomic E-state index is -0.0781. The van der Waals surface area contributed by atoms with Gasteiger partial charge in [0.05, 0.1) is 16.4 Å². The van der Waals surface area contributed by atoms with Gasteiger partial charge in [0, 0.05) is 19.1 Å². The number of likely N-dealkylation sites (N-methyl/N-ethyl adjacent to an activating group) is 1. The van der Waals surface area contributed by atoms with E-state index in [1.807, 2.05) is 6.92 Å². The Morgan fingerprint density at radius 1 is 1.33 bits per heavy atom. The van der Waals surface area contributed by atoms with Crippen LogP contribution in [0.2, 0.25) is 0 Å². The van der Waals surface area contributed by atoms with E-state index in [-0.39, 0.29) is 5.38 Å². The monoisotopic (exact) mass is 307 g/mol. The fraction of sp³-hybridized carbons (Fsp3) is 0.588. The smallest absolute Gasteiger partial charge is 0.127 e. The minimum Gasteiger partial charge on any atom is -0.325 e. The lowest BCUT2D eigenvalue weighted by atomic mass is 10.2. The molecule has 116 valence electrons. The first-order valence-electron chi connectivity index (χ1n) is 7.75. The summed E-state index contributed by atoms with van der Waals surface area (Å²) in [5, 5.41) is -0.0781. The molecule has 0 saturated carbocycles. The molecule has 21 heavy (non-hydrogen) atoms. The van der Waals surface area contributed by atoms with Crippen molar-refractivity contribution in [2.75, 3.05) is 13.6 Å². The zero-order chi connectivity index (χ0) is 15.6. The maximum atomic E-state index is 6.34. The molecule has 0 N–H and O–H groups in total. The number of halogens is 1. The summed E-state index contributed by atoms with van der Waals surface area (Å²) in [6, 6.07) is 6.93. The summed E-state index contributed by atoms with van der Waals surface area (Å²) < 4.78 is 2.28. The van der Waals surface area contributed by atoms with Crippen LogP contribution in [0.25, 0.3) is 11.0 Å². The molecule has 0 aliphatic heterocycles. The van der Waals surface area contributed by atoms with Crippen LogP contribution in [-0.4, -0.2) is 34.1 Å². The number of aryl methyl sites for hydroxylation is 1. The summed E-state index contributed by atoms with van der Waals surface area (Å²) in [7, 11) is 2.18. The molecule has 2 aromatic rings. The number of benzene rings is 1. The molecule has 0 aliphatic carbocycles. The van der Waals surface area contributed by atoms with Gasteiger partial charge in [-0.1, -0.05) is 19.1 Å². The fourth-order valence-electron chi connectivity index (χ4n) is 2.63. The lowest BCUT2D eigenvalue weighted by Crippen LogP contribution is -2.31. The summed E-state index contributed by atoms with van der Waals surface area (Å²) in [4.78, 5) is 7.16. The van der Waals surface area contributed by atoms with Gasteiger partial charge in [0.25, 0.3) is 0 Å². The molecule has 0 bridgehead atoms. The third-order valence-electron chi connectivity index (χ3n) is 4.39. The van der Waals surface area contributed by atoms with E-state index < -0.39 is 0 Å². The second kappa shape index (κ2) is 6.80. The van der Waals surface area contributed by atoms with Gasteiger partial charge in [-0.15, -0.1) is 11.6 Å². The third-order valence-corrected chi connectivity index (χ3v) is 4.58. The number of nitrogens with zero attached hydrogens (tertiary/aromatic N) is 3. The first kappa shape index (κ1) is 16.3. The van der Waals surface area contributed by atoms with Gasteiger partial charge in [0.1, 0.15) is 5.82 Å². The van der Waals surface area contributed by atoms with Crippen LogP contribution >= 0.6 is 11.6 Å². The largest absolute Gasteiger partial charge is 0.325 e. The highest BCUT2D eigenvalue weighted by Crippen LogP contribution is 2.26. The molecule has 0 aliphatic rings. The van der Waals surface area contributed by atoms with E-state index in [1.165, 1.54) is 17.5 Å². The quantitative estimate of drug-likeness (QED) is 0.739. The van der Waals surface area contributed by atoms with Crippen molar-refractivity contribution in [3.05, 3.63) is 29.6 Å². The van der Waals surface area contributed by atoms with E-state index in [0.717, 1.165) is 24.4 Å². The maximum absolute atomic E-state index is 6.34. The lowest BCUT2D eigenvalue weighted by Gasteiger charge is -2.24. The van der Waals surface area contributed by atoms with Gasteiger partial charge in [-0.05, 0) is 45.9 Å². The standard InChI is InChI=1S/C17H26ClN3/c1-6-13(3)20(5)10-11-21-15-9-7-8-12(2)16(15)19-17(21)14(4)18/h7-9,13-14H,6,10-11H2,1-5H3. The average molecular weight is 308 g/mol. The molecule has 3 nitrogen and oxygen atoms in total. The van der Waals surface area contributed by atoms with Crippen LogP contribution in [0.15, 0.2) is 18.2 Å². The molecule has 2 rings (SSSR count). The lowest BCUT2D eigenvalue weighted by molar-refractivity contribution is 0.242. The van der Waals surface area contributed by atoms with Crippen molar-refractivity contribution in [3.8, 4) is 0 Å². The molecule has 0 saturated heterocycles. The van der Waals surface area contributed by atoms with E-state index in [4.69, 9.17) is 16.6 Å². The molecule has 1 heterocycles. The summed E-state index contributed by atoms with van der Waals surface area (Å²) in [5.74, 6) is 0.971. The van der Waals surface area contributed by atoms with Gasteiger partial charge in [-0.25, -0.2) is 4.98 Å². The van der Waals surface area contributed by atoms with Crippen LogP contribution in [0.4, 0.5) is 0 Å². The second-order valence-electron chi connectivity index (χ2n) is 5.92. The van der Waals surface area contributed by atoms with Crippen molar-refractivity contribution in [1.29, 1.82) is 0 Å². The highest BCUT2D eigenvalue weighted by Gasteiger charge is 2.16. The molecule has 0 fully saturated rings. The van der Waals surface area contributed by atoms with Crippen LogP contribution in [0, 0.1) is 6.92 Å². The zero-order valence-electron chi connectivity index (χ0n) is 13.7. The van der Waals surface area contributed by atoms with Crippen molar-refractivity contribution in [1.82, 2.24) is 14.5 Å². The van der Waals surface area contributed by atoms with Crippen LogP contribution < -0.4 is 0 Å². The van der Waals surface area contributed by atoms with E-state index >= 15 is 0 Å². The van der Waals surface area contributed by atoms with Crippen LogP contribution in [0.3, 0.4) is 0 Å².